The molecule has 0 saturated carbocycles. The highest BCUT2D eigenvalue weighted by Crippen LogP contribution is 2.42. The third-order valence-corrected chi connectivity index (χ3v) is 11.1. The molecule has 0 bridgehead atoms. The van der Waals surface area contributed by atoms with Crippen LogP contribution in [0.3, 0.4) is 0 Å². The summed E-state index contributed by atoms with van der Waals surface area (Å²) >= 11 is 0. The van der Waals surface area contributed by atoms with E-state index in [2.05, 4.69) is 128 Å². The van der Waals surface area contributed by atoms with E-state index >= 15 is 0 Å². The van der Waals surface area contributed by atoms with Crippen LogP contribution in [0.15, 0.2) is 72.9 Å². The minimum Gasteiger partial charge on any atom is -0.430 e. The lowest BCUT2D eigenvalue weighted by molar-refractivity contribution is -0.0803. The Morgan fingerprint density at radius 3 is 0.865 bits per heavy atom. The number of ether oxygens (including phenoxy) is 2. The van der Waals surface area contributed by atoms with Crippen LogP contribution in [-0.2, 0) is 9.47 Å². The molecular formula is C49H86O3. The summed E-state index contributed by atoms with van der Waals surface area (Å²) in [7, 11) is 0. The van der Waals surface area contributed by atoms with E-state index in [-0.39, 0.29) is 23.0 Å². The SMILES string of the molecule is CC=CCCCCC(OC(=O)OC(CCCCC=CC)C(C)(CCCCC=CC)CCCCC=CC)C(C)(CCCCC=CC)CCCCC=CC. The van der Waals surface area contributed by atoms with Crippen molar-refractivity contribution in [1.29, 1.82) is 0 Å². The summed E-state index contributed by atoms with van der Waals surface area (Å²) in [6, 6.07) is 0. The van der Waals surface area contributed by atoms with Crippen molar-refractivity contribution in [2.24, 2.45) is 10.8 Å². The monoisotopic (exact) mass is 723 g/mol. The van der Waals surface area contributed by atoms with Crippen LogP contribution >= 0.6 is 0 Å². The van der Waals surface area contributed by atoms with Gasteiger partial charge in [-0.15, -0.1) is 0 Å². The number of carbonyl (C=O) groups is 1. The molecule has 0 rings (SSSR count). The molecule has 0 aliphatic heterocycles. The van der Waals surface area contributed by atoms with Gasteiger partial charge < -0.3 is 9.47 Å². The molecule has 0 aromatic carbocycles. The maximum absolute atomic E-state index is 14.2. The van der Waals surface area contributed by atoms with E-state index in [0.29, 0.717) is 0 Å². The Morgan fingerprint density at radius 2 is 0.635 bits per heavy atom. The Hall–Kier alpha value is -2.29. The quantitative estimate of drug-likeness (QED) is 0.0377. The standard InChI is InChI=1S/C49H86O3/c1-9-15-21-27-33-39-45(48(7,41-35-29-23-17-11-3)42-36-30-24-18-12-4)51-47(50)52-46(40-34-28-22-16-10-2)49(8,43-37-31-25-19-13-5)44-38-32-26-20-14-6/h9-20,45-46H,21-44H2,1-8H3. The van der Waals surface area contributed by atoms with Crippen LogP contribution in [-0.4, -0.2) is 18.4 Å². The third kappa shape index (κ3) is 25.6. The fourth-order valence-corrected chi connectivity index (χ4v) is 7.60. The van der Waals surface area contributed by atoms with Gasteiger partial charge in [-0.1, -0.05) is 112 Å². The Kier molecular flexibility index (Phi) is 33.0. The zero-order chi connectivity index (χ0) is 38.6. The molecule has 2 unspecified atom stereocenters. The Bertz CT molecular complexity index is 878. The molecule has 0 N–H and O–H groups in total. The summed E-state index contributed by atoms with van der Waals surface area (Å²) < 4.78 is 13.3. The number of allylic oxidation sites excluding steroid dienone is 12. The second kappa shape index (κ2) is 34.5. The molecule has 3 nitrogen and oxygen atoms in total. The zero-order valence-corrected chi connectivity index (χ0v) is 35.8. The van der Waals surface area contributed by atoms with Gasteiger partial charge in [0.25, 0.3) is 0 Å². The average molecular weight is 723 g/mol. The van der Waals surface area contributed by atoms with Gasteiger partial charge in [0.15, 0.2) is 0 Å². The van der Waals surface area contributed by atoms with E-state index in [9.17, 15) is 4.79 Å². The zero-order valence-electron chi connectivity index (χ0n) is 35.8. The van der Waals surface area contributed by atoms with Gasteiger partial charge in [-0.3, -0.25) is 0 Å². The first-order valence-corrected chi connectivity index (χ1v) is 21.8. The molecule has 0 spiro atoms. The lowest BCUT2D eigenvalue weighted by Gasteiger charge is -2.40. The molecule has 2 atom stereocenters. The Morgan fingerprint density at radius 1 is 0.404 bits per heavy atom. The Balaban J connectivity index is 6.36. The smallest absolute Gasteiger partial charge is 0.430 e. The van der Waals surface area contributed by atoms with E-state index in [0.717, 1.165) is 128 Å². The first kappa shape index (κ1) is 49.7. The van der Waals surface area contributed by atoms with Gasteiger partial charge in [0, 0.05) is 10.8 Å². The van der Waals surface area contributed by atoms with Crippen molar-refractivity contribution in [3.8, 4) is 0 Å². The molecule has 0 fully saturated rings. The fourth-order valence-electron chi connectivity index (χ4n) is 7.60. The van der Waals surface area contributed by atoms with Crippen molar-refractivity contribution in [3.05, 3.63) is 72.9 Å². The van der Waals surface area contributed by atoms with Gasteiger partial charge in [0.1, 0.15) is 12.2 Å². The van der Waals surface area contributed by atoms with Crippen LogP contribution in [0.1, 0.15) is 209 Å². The molecular weight excluding hydrogens is 637 g/mol. The average Bonchev–Trinajstić information content (AvgIpc) is 3.13. The summed E-state index contributed by atoms with van der Waals surface area (Å²) in [5.74, 6) is 0. The largest absolute Gasteiger partial charge is 0.508 e. The summed E-state index contributed by atoms with van der Waals surface area (Å²) in [5, 5.41) is 0. The highest BCUT2D eigenvalue weighted by Gasteiger charge is 2.40. The molecule has 0 heterocycles. The first-order valence-electron chi connectivity index (χ1n) is 21.8. The molecule has 0 saturated heterocycles. The van der Waals surface area contributed by atoms with Crippen molar-refractivity contribution in [2.75, 3.05) is 0 Å². The summed E-state index contributed by atoms with van der Waals surface area (Å²) in [6.07, 6.45) is 52.1. The van der Waals surface area contributed by atoms with Crippen LogP contribution < -0.4 is 0 Å². The van der Waals surface area contributed by atoms with E-state index < -0.39 is 6.16 Å². The van der Waals surface area contributed by atoms with Crippen LogP contribution in [0, 0.1) is 10.8 Å². The van der Waals surface area contributed by atoms with Crippen LogP contribution in [0.25, 0.3) is 0 Å². The predicted octanol–water partition coefficient (Wildman–Crippen LogP) is 16.7. The van der Waals surface area contributed by atoms with Crippen LogP contribution in [0.2, 0.25) is 0 Å². The lowest BCUT2D eigenvalue weighted by atomic mass is 9.73. The van der Waals surface area contributed by atoms with Crippen molar-refractivity contribution >= 4 is 6.16 Å². The van der Waals surface area contributed by atoms with Crippen molar-refractivity contribution in [2.45, 2.75) is 222 Å². The van der Waals surface area contributed by atoms with Gasteiger partial charge in [-0.25, -0.2) is 4.79 Å². The van der Waals surface area contributed by atoms with Crippen LogP contribution in [0.4, 0.5) is 4.79 Å². The topological polar surface area (TPSA) is 35.5 Å². The molecule has 300 valence electrons. The van der Waals surface area contributed by atoms with Crippen molar-refractivity contribution in [1.82, 2.24) is 0 Å². The molecule has 3 heteroatoms. The second-order valence-electron chi connectivity index (χ2n) is 15.7. The van der Waals surface area contributed by atoms with E-state index in [4.69, 9.17) is 9.47 Å². The number of rotatable bonds is 34. The van der Waals surface area contributed by atoms with E-state index in [1.807, 2.05) is 0 Å². The van der Waals surface area contributed by atoms with Gasteiger partial charge in [-0.05, 0) is 170 Å². The summed E-state index contributed by atoms with van der Waals surface area (Å²) in [4.78, 5) is 14.2. The number of hydrogen-bond donors (Lipinski definition) is 0. The second-order valence-corrected chi connectivity index (χ2v) is 15.7. The molecule has 0 aliphatic rings. The van der Waals surface area contributed by atoms with Gasteiger partial charge in [0.05, 0.1) is 0 Å². The lowest BCUT2D eigenvalue weighted by Crippen LogP contribution is -2.40. The number of unbranched alkanes of at least 4 members (excludes halogenated alkanes) is 12. The summed E-state index contributed by atoms with van der Waals surface area (Å²) in [5.41, 5.74) is -0.146. The number of hydrogen-bond acceptors (Lipinski definition) is 3. The maximum Gasteiger partial charge on any atom is 0.508 e. The molecule has 52 heavy (non-hydrogen) atoms. The highest BCUT2D eigenvalue weighted by atomic mass is 16.7. The maximum atomic E-state index is 14.2. The normalized spacial score (nSPS) is 16.2. The van der Waals surface area contributed by atoms with E-state index in [1.54, 1.807) is 0 Å². The molecule has 0 amide bonds. The molecule has 0 aromatic rings. The molecule has 0 aromatic heterocycles. The molecule has 0 aliphatic carbocycles. The summed E-state index contributed by atoms with van der Waals surface area (Å²) in [6.45, 7) is 17.4. The van der Waals surface area contributed by atoms with Gasteiger partial charge in [-0.2, -0.15) is 0 Å². The van der Waals surface area contributed by atoms with Gasteiger partial charge >= 0.3 is 6.16 Å². The minimum atomic E-state index is -0.431. The predicted molar refractivity (Wildman–Crippen MR) is 231 cm³/mol. The Labute approximate surface area is 325 Å². The molecule has 0 radical (unpaired) electrons. The fraction of sp³-hybridized carbons (Fsp3) is 0.735. The first-order chi connectivity index (χ1) is 25.3. The van der Waals surface area contributed by atoms with Gasteiger partial charge in [0.2, 0.25) is 0 Å². The van der Waals surface area contributed by atoms with Crippen LogP contribution in [0.5, 0.6) is 0 Å². The van der Waals surface area contributed by atoms with Crippen molar-refractivity contribution in [3.63, 3.8) is 0 Å². The number of carbonyl (C=O) groups excluding carboxylic acids is 1. The third-order valence-electron chi connectivity index (χ3n) is 11.1. The highest BCUT2D eigenvalue weighted by molar-refractivity contribution is 5.60. The van der Waals surface area contributed by atoms with Crippen molar-refractivity contribution < 1.29 is 14.3 Å². The van der Waals surface area contributed by atoms with E-state index in [1.165, 1.54) is 25.7 Å². The minimum absolute atomic E-state index is 0.0731.